The Balaban J connectivity index is 1.41. The zero-order valence-electron chi connectivity index (χ0n) is 25.7. The van der Waals surface area contributed by atoms with Crippen LogP contribution in [0.25, 0.3) is 5.65 Å². The largest absolute Gasteiger partial charge is 0.374 e. The number of benzene rings is 3. The maximum Gasteiger partial charge on any atom is 0.220 e. The third kappa shape index (κ3) is 6.54. The lowest BCUT2D eigenvalue weighted by molar-refractivity contribution is -0.257. The number of fused-ring (bicyclic) bond motifs is 1. The SMILES string of the molecule is CSc1nc(SC)c2ncc(C3(O)O[C@H](COCc4ccccc4)[C@@H](OCc4ccccc4)[C@@]3(C)CCc3ccccc3)n2n1. The van der Waals surface area contributed by atoms with Crippen LogP contribution < -0.4 is 0 Å². The average Bonchev–Trinajstić information content (AvgIpc) is 3.61. The molecule has 0 bridgehead atoms. The van der Waals surface area contributed by atoms with Crippen molar-refractivity contribution >= 4 is 29.2 Å². The Kier molecular flexibility index (Phi) is 9.89. The summed E-state index contributed by atoms with van der Waals surface area (Å²) in [7, 11) is 0. The van der Waals surface area contributed by atoms with Gasteiger partial charge in [-0.15, -0.1) is 16.9 Å². The molecule has 1 aliphatic rings. The second-order valence-electron chi connectivity index (χ2n) is 11.4. The highest BCUT2D eigenvalue weighted by atomic mass is 32.2. The summed E-state index contributed by atoms with van der Waals surface area (Å²) >= 11 is 2.93. The summed E-state index contributed by atoms with van der Waals surface area (Å²) in [6, 6.07) is 30.4. The number of aromatic nitrogens is 4. The first-order chi connectivity index (χ1) is 21.9. The first-order valence-corrected chi connectivity index (χ1v) is 17.5. The molecule has 0 amide bonds. The fraction of sp³-hybridized carbons (Fsp3) is 0.343. The summed E-state index contributed by atoms with van der Waals surface area (Å²) in [5.41, 5.74) is 3.37. The molecule has 1 aliphatic heterocycles. The van der Waals surface area contributed by atoms with Crippen molar-refractivity contribution in [3.63, 3.8) is 0 Å². The van der Waals surface area contributed by atoms with Crippen molar-refractivity contribution in [3.05, 3.63) is 120 Å². The Labute approximate surface area is 272 Å². The van der Waals surface area contributed by atoms with Crippen LogP contribution in [0.15, 0.2) is 107 Å². The summed E-state index contributed by atoms with van der Waals surface area (Å²) in [5, 5.41) is 19.0. The molecule has 5 aromatic rings. The summed E-state index contributed by atoms with van der Waals surface area (Å²) < 4.78 is 21.5. The molecule has 6 rings (SSSR count). The van der Waals surface area contributed by atoms with Crippen molar-refractivity contribution in [3.8, 4) is 0 Å². The number of imidazole rings is 1. The van der Waals surface area contributed by atoms with E-state index in [0.29, 0.717) is 42.6 Å². The van der Waals surface area contributed by atoms with Gasteiger partial charge in [0.15, 0.2) is 5.65 Å². The zero-order valence-corrected chi connectivity index (χ0v) is 27.3. The first kappa shape index (κ1) is 31.7. The normalized spacial score (nSPS) is 23.1. The van der Waals surface area contributed by atoms with E-state index >= 15 is 0 Å². The van der Waals surface area contributed by atoms with Crippen molar-refractivity contribution in [1.82, 2.24) is 19.6 Å². The van der Waals surface area contributed by atoms with Crippen LogP contribution in [-0.4, -0.2) is 56.0 Å². The number of hydrogen-bond acceptors (Lipinski definition) is 9. The summed E-state index contributed by atoms with van der Waals surface area (Å²) in [5.74, 6) is -1.80. The van der Waals surface area contributed by atoms with Gasteiger partial charge in [0.2, 0.25) is 10.9 Å². The highest BCUT2D eigenvalue weighted by molar-refractivity contribution is 7.99. The third-order valence-electron chi connectivity index (χ3n) is 8.54. The Morgan fingerprint density at radius 2 is 1.49 bits per heavy atom. The van der Waals surface area contributed by atoms with E-state index in [2.05, 4.69) is 22.1 Å². The van der Waals surface area contributed by atoms with Gasteiger partial charge in [0, 0.05) is 0 Å². The average molecular weight is 643 g/mol. The lowest BCUT2D eigenvalue weighted by Gasteiger charge is -2.40. The molecular weight excluding hydrogens is 605 g/mol. The Morgan fingerprint density at radius 3 is 2.11 bits per heavy atom. The smallest absolute Gasteiger partial charge is 0.220 e. The quantitative estimate of drug-likeness (QED) is 0.144. The first-order valence-electron chi connectivity index (χ1n) is 15.0. The molecule has 3 heterocycles. The Hall–Kier alpha value is -3.25. The van der Waals surface area contributed by atoms with Crippen LogP contribution in [0.5, 0.6) is 0 Å². The van der Waals surface area contributed by atoms with E-state index in [4.69, 9.17) is 19.3 Å². The van der Waals surface area contributed by atoms with Gasteiger partial charge in [-0.05, 0) is 42.0 Å². The topological polar surface area (TPSA) is 91.0 Å². The molecule has 1 fully saturated rings. The molecule has 3 aromatic carbocycles. The number of rotatable bonds is 13. The number of ether oxygens (including phenoxy) is 3. The minimum Gasteiger partial charge on any atom is -0.374 e. The molecule has 45 heavy (non-hydrogen) atoms. The van der Waals surface area contributed by atoms with Crippen LogP contribution in [0.2, 0.25) is 0 Å². The van der Waals surface area contributed by atoms with Gasteiger partial charge in [-0.25, -0.2) is 14.5 Å². The van der Waals surface area contributed by atoms with Crippen molar-refractivity contribution in [2.75, 3.05) is 19.1 Å². The molecule has 10 heteroatoms. The molecule has 0 radical (unpaired) electrons. The highest BCUT2D eigenvalue weighted by Crippen LogP contribution is 2.55. The monoisotopic (exact) mass is 642 g/mol. The van der Waals surface area contributed by atoms with Gasteiger partial charge < -0.3 is 19.3 Å². The van der Waals surface area contributed by atoms with Crippen LogP contribution in [0.4, 0.5) is 0 Å². The van der Waals surface area contributed by atoms with E-state index in [9.17, 15) is 5.11 Å². The van der Waals surface area contributed by atoms with Gasteiger partial charge in [-0.2, -0.15) is 0 Å². The van der Waals surface area contributed by atoms with Crippen LogP contribution in [-0.2, 0) is 39.6 Å². The minimum absolute atomic E-state index is 0.232. The number of aryl methyl sites for hydroxylation is 1. The molecule has 1 N–H and O–H groups in total. The van der Waals surface area contributed by atoms with E-state index in [1.165, 1.54) is 29.1 Å². The molecule has 0 saturated carbocycles. The summed E-state index contributed by atoms with van der Waals surface area (Å²) in [4.78, 5) is 9.32. The Bertz CT molecular complexity index is 1690. The van der Waals surface area contributed by atoms with Gasteiger partial charge >= 0.3 is 0 Å². The highest BCUT2D eigenvalue weighted by Gasteiger charge is 2.65. The van der Waals surface area contributed by atoms with Gasteiger partial charge in [0.05, 0.1) is 37.5 Å². The Morgan fingerprint density at radius 1 is 0.867 bits per heavy atom. The molecule has 234 valence electrons. The number of thioether (sulfide) groups is 2. The maximum atomic E-state index is 12.9. The predicted octanol–water partition coefficient (Wildman–Crippen LogP) is 6.55. The molecule has 8 nitrogen and oxygen atoms in total. The third-order valence-corrected chi connectivity index (χ3v) is 9.74. The second kappa shape index (κ2) is 14.0. The predicted molar refractivity (Wildman–Crippen MR) is 177 cm³/mol. The van der Waals surface area contributed by atoms with E-state index < -0.39 is 23.4 Å². The van der Waals surface area contributed by atoms with Gasteiger partial charge in [0.1, 0.15) is 16.8 Å². The molecule has 1 saturated heterocycles. The van der Waals surface area contributed by atoms with Crippen molar-refractivity contribution in [2.45, 2.75) is 61.2 Å². The van der Waals surface area contributed by atoms with Gasteiger partial charge in [-0.1, -0.05) is 110 Å². The number of nitrogens with zero attached hydrogens (tertiary/aromatic N) is 4. The second-order valence-corrected chi connectivity index (χ2v) is 13.0. The minimum atomic E-state index is -1.80. The van der Waals surface area contributed by atoms with Crippen LogP contribution in [0, 0.1) is 5.41 Å². The summed E-state index contributed by atoms with van der Waals surface area (Å²) in [6.45, 7) is 3.07. The van der Waals surface area contributed by atoms with Gasteiger partial charge in [0.25, 0.3) is 0 Å². The van der Waals surface area contributed by atoms with Crippen molar-refractivity contribution < 1.29 is 19.3 Å². The molecular formula is C35H38N4O4S2. The standard InChI is InChI=1S/C35H38N4O4S2/c1-34(20-19-25-13-7-4-8-14-25)30(42-23-27-17-11-6-12-18-27)28(24-41-22-26-15-9-5-10-16-26)43-35(34,40)29-21-36-31-32(44-2)37-33(45-3)38-39(29)31/h4-18,21,28,30,40H,19-20,22-24H2,1-3H3/t28-,30-,34-,35?/m1/s1. The molecule has 2 aromatic heterocycles. The summed E-state index contributed by atoms with van der Waals surface area (Å²) in [6.07, 6.45) is 5.75. The maximum absolute atomic E-state index is 12.9. The number of hydrogen-bond donors (Lipinski definition) is 1. The van der Waals surface area contributed by atoms with Crippen LogP contribution in [0.1, 0.15) is 35.7 Å². The van der Waals surface area contributed by atoms with Crippen molar-refractivity contribution in [1.29, 1.82) is 0 Å². The van der Waals surface area contributed by atoms with Crippen molar-refractivity contribution in [2.24, 2.45) is 5.41 Å². The van der Waals surface area contributed by atoms with Crippen LogP contribution >= 0.6 is 23.5 Å². The molecule has 0 aliphatic carbocycles. The molecule has 4 atom stereocenters. The molecule has 1 unspecified atom stereocenters. The van der Waals surface area contributed by atoms with E-state index in [1.807, 2.05) is 98.3 Å². The number of aliphatic hydroxyl groups is 1. The van der Waals surface area contributed by atoms with Crippen LogP contribution in [0.3, 0.4) is 0 Å². The van der Waals surface area contributed by atoms with E-state index in [1.54, 1.807) is 10.7 Å². The fourth-order valence-electron chi connectivity index (χ4n) is 6.06. The lowest BCUT2D eigenvalue weighted by atomic mass is 9.71. The zero-order chi connectivity index (χ0) is 31.3. The van der Waals surface area contributed by atoms with E-state index in [-0.39, 0.29) is 6.61 Å². The lowest BCUT2D eigenvalue weighted by Crippen LogP contribution is -2.48. The van der Waals surface area contributed by atoms with Gasteiger partial charge in [-0.3, -0.25) is 0 Å². The molecule has 0 spiro atoms. The fourth-order valence-corrected chi connectivity index (χ4v) is 6.97. The van der Waals surface area contributed by atoms with E-state index in [0.717, 1.165) is 16.2 Å².